The largest absolute Gasteiger partial charge is 0.371 e. The number of piperidine rings is 1. The average Bonchev–Trinajstić information content (AvgIpc) is 3.32. The highest BCUT2D eigenvalue weighted by Crippen LogP contribution is 2.54. The summed E-state index contributed by atoms with van der Waals surface area (Å²) in [5, 5.41) is 6.37. The fourth-order valence-electron chi connectivity index (χ4n) is 4.68. The maximum Gasteiger partial charge on any atom is 0.318 e. The molecule has 3 heterocycles. The number of aryl methyl sites for hydroxylation is 1. The lowest BCUT2D eigenvalue weighted by molar-refractivity contribution is 0.254. The summed E-state index contributed by atoms with van der Waals surface area (Å²) in [4.78, 5) is 30.0. The quantitative estimate of drug-likeness (QED) is 0.622. The minimum atomic E-state index is -0.255. The molecule has 3 N–H and O–H groups in total. The maximum absolute atomic E-state index is 12.5. The van der Waals surface area contributed by atoms with Crippen LogP contribution in [0.4, 0.5) is 16.2 Å². The summed E-state index contributed by atoms with van der Waals surface area (Å²) in [7, 11) is 3.37. The first-order valence-electron chi connectivity index (χ1n) is 10.5. The number of carbonyl (C=O) groups excluding carboxylic acids is 1. The molecule has 1 saturated carbocycles. The number of amides is 2. The van der Waals surface area contributed by atoms with Crippen LogP contribution < -0.4 is 21.1 Å². The molecule has 156 valence electrons. The van der Waals surface area contributed by atoms with Gasteiger partial charge in [0.1, 0.15) is 5.52 Å². The van der Waals surface area contributed by atoms with Gasteiger partial charge < -0.3 is 25.1 Å². The number of nitrogens with one attached hydrogen (secondary N) is 3. The normalized spacial score (nSPS) is 17.3. The molecule has 2 aromatic heterocycles. The Morgan fingerprint density at radius 1 is 1.10 bits per heavy atom. The van der Waals surface area contributed by atoms with Crippen LogP contribution in [0.2, 0.25) is 0 Å². The Labute approximate surface area is 175 Å². The van der Waals surface area contributed by atoms with E-state index in [0.717, 1.165) is 41.0 Å². The zero-order valence-electron chi connectivity index (χ0n) is 17.4. The summed E-state index contributed by atoms with van der Waals surface area (Å²) in [5.41, 5.74) is 5.03. The first-order chi connectivity index (χ1) is 14.5. The van der Waals surface area contributed by atoms with Crippen LogP contribution in [0.25, 0.3) is 22.0 Å². The van der Waals surface area contributed by atoms with Gasteiger partial charge in [0.2, 0.25) is 0 Å². The number of urea groups is 1. The minimum Gasteiger partial charge on any atom is -0.371 e. The number of pyridine rings is 1. The minimum absolute atomic E-state index is 0.0476. The van der Waals surface area contributed by atoms with Crippen LogP contribution in [0.5, 0.6) is 0 Å². The van der Waals surface area contributed by atoms with E-state index in [-0.39, 0.29) is 11.6 Å². The number of hydrogen-bond donors (Lipinski definition) is 3. The predicted molar refractivity (Wildman–Crippen MR) is 120 cm³/mol. The Kier molecular flexibility index (Phi) is 4.34. The lowest BCUT2D eigenvalue weighted by Crippen LogP contribution is -2.34. The van der Waals surface area contributed by atoms with Crippen LogP contribution in [-0.2, 0) is 7.05 Å². The smallest absolute Gasteiger partial charge is 0.318 e. The van der Waals surface area contributed by atoms with E-state index in [1.807, 2.05) is 24.4 Å². The Morgan fingerprint density at radius 3 is 2.57 bits per heavy atom. The number of carbonyl (C=O) groups is 1. The lowest BCUT2D eigenvalue weighted by Gasteiger charge is -2.35. The molecule has 2 aliphatic rings. The van der Waals surface area contributed by atoms with Gasteiger partial charge >= 0.3 is 6.03 Å². The van der Waals surface area contributed by atoms with Crippen molar-refractivity contribution in [3.05, 3.63) is 47.0 Å². The molecule has 0 bridgehead atoms. The van der Waals surface area contributed by atoms with Gasteiger partial charge in [0.05, 0.1) is 0 Å². The van der Waals surface area contributed by atoms with E-state index in [2.05, 4.69) is 26.6 Å². The van der Waals surface area contributed by atoms with Crippen LogP contribution in [0, 0.1) is 5.41 Å². The Hall–Kier alpha value is -3.22. The van der Waals surface area contributed by atoms with E-state index in [9.17, 15) is 9.59 Å². The Bertz CT molecular complexity index is 1180. The van der Waals surface area contributed by atoms with E-state index in [1.54, 1.807) is 24.9 Å². The molecule has 1 aliphatic carbocycles. The third-order valence-corrected chi connectivity index (χ3v) is 6.79. The second-order valence-corrected chi connectivity index (χ2v) is 8.65. The van der Waals surface area contributed by atoms with Crippen molar-refractivity contribution in [2.45, 2.75) is 25.7 Å². The maximum atomic E-state index is 12.5. The first-order valence-corrected chi connectivity index (χ1v) is 10.5. The summed E-state index contributed by atoms with van der Waals surface area (Å²) in [6.45, 7) is 2.08. The van der Waals surface area contributed by atoms with Gasteiger partial charge in [-0.1, -0.05) is 0 Å². The highest BCUT2D eigenvalue weighted by atomic mass is 16.2. The van der Waals surface area contributed by atoms with Crippen LogP contribution in [-0.4, -0.2) is 35.7 Å². The van der Waals surface area contributed by atoms with Crippen LogP contribution >= 0.6 is 0 Å². The van der Waals surface area contributed by atoms with E-state index in [0.29, 0.717) is 10.9 Å². The number of benzene rings is 1. The van der Waals surface area contributed by atoms with E-state index < -0.39 is 0 Å². The monoisotopic (exact) mass is 405 g/mol. The van der Waals surface area contributed by atoms with Gasteiger partial charge in [-0.2, -0.15) is 0 Å². The molecule has 1 spiro atoms. The molecule has 1 saturated heterocycles. The summed E-state index contributed by atoms with van der Waals surface area (Å²) >= 11 is 0. The highest BCUT2D eigenvalue weighted by Gasteiger charge is 2.44. The molecule has 7 nitrogen and oxygen atoms in total. The molecule has 2 fully saturated rings. The first kappa shape index (κ1) is 18.8. The summed E-state index contributed by atoms with van der Waals surface area (Å²) in [6.07, 6.45) is 8.91. The van der Waals surface area contributed by atoms with E-state index in [1.165, 1.54) is 25.7 Å². The van der Waals surface area contributed by atoms with E-state index in [4.69, 9.17) is 0 Å². The average molecular weight is 406 g/mol. The fourth-order valence-corrected chi connectivity index (χ4v) is 4.68. The van der Waals surface area contributed by atoms with Gasteiger partial charge in [-0.3, -0.25) is 4.79 Å². The van der Waals surface area contributed by atoms with Crippen molar-refractivity contribution in [1.82, 2.24) is 14.9 Å². The number of nitrogens with zero attached hydrogens (tertiary/aromatic N) is 2. The Balaban J connectivity index is 1.63. The van der Waals surface area contributed by atoms with Crippen molar-refractivity contribution < 1.29 is 4.79 Å². The molecule has 1 aliphatic heterocycles. The van der Waals surface area contributed by atoms with Crippen molar-refractivity contribution in [2.75, 3.05) is 30.4 Å². The molecular weight excluding hydrogens is 378 g/mol. The molecule has 3 aromatic rings. The molecule has 0 radical (unpaired) electrons. The van der Waals surface area contributed by atoms with Crippen molar-refractivity contribution in [3.63, 3.8) is 0 Å². The number of rotatable bonds is 3. The molecule has 1 aromatic carbocycles. The standard InChI is InChI=1S/C23H27N5O2/c1-24-22(30)26-15-3-4-19(28-11-8-23(6-7-23)9-12-28)17(13-15)18-14-27(2)21(29)20-16(18)5-10-25-20/h3-5,10,13-14,25H,6-9,11-12H2,1-2H3,(H2,24,26,30). The van der Waals surface area contributed by atoms with E-state index >= 15 is 0 Å². The van der Waals surface area contributed by atoms with Gasteiger partial charge in [-0.05, 0) is 55.4 Å². The molecule has 7 heteroatoms. The number of fused-ring (bicyclic) bond motifs is 1. The van der Waals surface area contributed by atoms with Crippen molar-refractivity contribution >= 4 is 28.3 Å². The highest BCUT2D eigenvalue weighted by molar-refractivity contribution is 5.99. The van der Waals surface area contributed by atoms with Gasteiger partial charge in [0.15, 0.2) is 0 Å². The lowest BCUT2D eigenvalue weighted by atomic mass is 9.92. The van der Waals surface area contributed by atoms with Gasteiger partial charge in [-0.15, -0.1) is 0 Å². The fraction of sp³-hybridized carbons (Fsp3) is 0.391. The van der Waals surface area contributed by atoms with Crippen LogP contribution in [0.15, 0.2) is 41.5 Å². The predicted octanol–water partition coefficient (Wildman–Crippen LogP) is 3.67. The third-order valence-electron chi connectivity index (χ3n) is 6.79. The number of anilines is 2. The van der Waals surface area contributed by atoms with Crippen LogP contribution in [0.3, 0.4) is 0 Å². The number of hydrogen-bond acceptors (Lipinski definition) is 3. The molecular formula is C23H27N5O2. The zero-order valence-corrected chi connectivity index (χ0v) is 17.4. The summed E-state index contributed by atoms with van der Waals surface area (Å²) in [5.74, 6) is 0. The number of aromatic nitrogens is 2. The van der Waals surface area contributed by atoms with Gasteiger partial charge in [0, 0.05) is 67.5 Å². The molecule has 0 unspecified atom stereocenters. The van der Waals surface area contributed by atoms with Crippen LogP contribution in [0.1, 0.15) is 25.7 Å². The topological polar surface area (TPSA) is 82.2 Å². The Morgan fingerprint density at radius 2 is 1.87 bits per heavy atom. The zero-order chi connectivity index (χ0) is 20.9. The summed E-state index contributed by atoms with van der Waals surface area (Å²) < 4.78 is 1.62. The van der Waals surface area contributed by atoms with Crippen molar-refractivity contribution in [1.29, 1.82) is 0 Å². The molecule has 0 atom stereocenters. The summed E-state index contributed by atoms with van der Waals surface area (Å²) in [6, 6.07) is 7.75. The third kappa shape index (κ3) is 3.14. The SMILES string of the molecule is CNC(=O)Nc1ccc(N2CCC3(CC2)CC3)c(-c2cn(C)c(=O)c3[nH]ccc23)c1. The second kappa shape index (κ2) is 6.93. The number of H-pyrrole nitrogens is 1. The second-order valence-electron chi connectivity index (χ2n) is 8.65. The molecule has 2 amide bonds. The number of aromatic amines is 1. The van der Waals surface area contributed by atoms with Crippen molar-refractivity contribution in [2.24, 2.45) is 12.5 Å². The molecule has 30 heavy (non-hydrogen) atoms. The van der Waals surface area contributed by atoms with Gasteiger partial charge in [-0.25, -0.2) is 4.79 Å². The van der Waals surface area contributed by atoms with Gasteiger partial charge in [0.25, 0.3) is 5.56 Å². The molecule has 5 rings (SSSR count). The van der Waals surface area contributed by atoms with Crippen molar-refractivity contribution in [3.8, 4) is 11.1 Å².